The number of nitrogens with zero attached hydrogens (tertiary/aromatic N) is 2. The Hall–Kier alpha value is -1.88. The van der Waals surface area contributed by atoms with Gasteiger partial charge in [-0.1, -0.05) is 38.7 Å². The average Bonchev–Trinajstić information content (AvgIpc) is 2.87. The molecule has 1 heterocycles. The van der Waals surface area contributed by atoms with Crippen LogP contribution in [0, 0.1) is 0 Å². The second-order valence-corrected chi connectivity index (χ2v) is 6.85. The second kappa shape index (κ2) is 10.2. The van der Waals surface area contributed by atoms with Gasteiger partial charge in [0.1, 0.15) is 0 Å². The van der Waals surface area contributed by atoms with Gasteiger partial charge >= 0.3 is 0 Å². The van der Waals surface area contributed by atoms with Crippen LogP contribution in [-0.4, -0.2) is 54.3 Å². The van der Waals surface area contributed by atoms with E-state index in [-0.39, 0.29) is 5.91 Å². The molecule has 0 spiro atoms. The van der Waals surface area contributed by atoms with Crippen molar-refractivity contribution in [2.75, 3.05) is 32.7 Å². The van der Waals surface area contributed by atoms with E-state index in [0.29, 0.717) is 11.1 Å². The molecule has 2 N–H and O–H groups in total. The Morgan fingerprint density at radius 3 is 2.52 bits per heavy atom. The summed E-state index contributed by atoms with van der Waals surface area (Å²) < 4.78 is 0. The van der Waals surface area contributed by atoms with E-state index in [1.54, 1.807) is 24.3 Å². The Morgan fingerprint density at radius 1 is 1.00 bits per heavy atom. The lowest BCUT2D eigenvalue weighted by atomic mass is 10.1. The molecule has 1 fully saturated rings. The van der Waals surface area contributed by atoms with Crippen LogP contribution in [0.25, 0.3) is 0 Å². The van der Waals surface area contributed by atoms with Gasteiger partial charge in [0.15, 0.2) is 0 Å². The lowest BCUT2D eigenvalue weighted by molar-refractivity contribution is 0.0761. The monoisotopic (exact) mass is 345 g/mol. The maximum Gasteiger partial charge on any atom is 0.253 e. The van der Waals surface area contributed by atoms with E-state index in [0.717, 1.165) is 39.1 Å². The molecule has 2 rings (SSSR count). The molecule has 0 saturated carbocycles. The molecular formula is C20H31N3O2. The third kappa shape index (κ3) is 6.16. The van der Waals surface area contributed by atoms with Crippen LogP contribution in [0.4, 0.5) is 0 Å². The van der Waals surface area contributed by atoms with Crippen LogP contribution in [-0.2, 0) is 0 Å². The first kappa shape index (κ1) is 19.4. The van der Waals surface area contributed by atoms with Crippen molar-refractivity contribution in [1.82, 2.24) is 9.80 Å². The quantitative estimate of drug-likeness (QED) is 0.737. The molecule has 0 aliphatic carbocycles. The van der Waals surface area contributed by atoms with Crippen molar-refractivity contribution in [1.29, 1.82) is 0 Å². The maximum absolute atomic E-state index is 12.7. The molecule has 5 nitrogen and oxygen atoms in total. The van der Waals surface area contributed by atoms with Crippen molar-refractivity contribution in [2.24, 2.45) is 5.73 Å². The predicted octanol–water partition coefficient (Wildman–Crippen LogP) is 2.90. The van der Waals surface area contributed by atoms with Crippen molar-refractivity contribution >= 4 is 11.8 Å². The normalized spacial score (nSPS) is 15.8. The van der Waals surface area contributed by atoms with Gasteiger partial charge in [-0.25, -0.2) is 0 Å². The first-order chi connectivity index (χ1) is 12.1. The van der Waals surface area contributed by atoms with Crippen LogP contribution in [0.2, 0.25) is 0 Å². The van der Waals surface area contributed by atoms with Crippen LogP contribution in [0.3, 0.4) is 0 Å². The summed E-state index contributed by atoms with van der Waals surface area (Å²) in [5.41, 5.74) is 6.24. The van der Waals surface area contributed by atoms with Gasteiger partial charge in [-0.15, -0.1) is 0 Å². The van der Waals surface area contributed by atoms with Gasteiger partial charge in [-0.05, 0) is 44.1 Å². The molecule has 1 aliphatic rings. The number of primary amides is 1. The Bertz CT molecular complexity index is 574. The highest BCUT2D eigenvalue weighted by Crippen LogP contribution is 2.12. The topological polar surface area (TPSA) is 66.6 Å². The summed E-state index contributed by atoms with van der Waals surface area (Å²) in [6.07, 6.45) is 7.47. The Balaban J connectivity index is 1.84. The van der Waals surface area contributed by atoms with E-state index in [2.05, 4.69) is 11.8 Å². The van der Waals surface area contributed by atoms with Crippen LogP contribution in [0.5, 0.6) is 0 Å². The number of rotatable bonds is 8. The second-order valence-electron chi connectivity index (χ2n) is 6.85. The summed E-state index contributed by atoms with van der Waals surface area (Å²) in [4.78, 5) is 28.4. The number of unbranched alkanes of at least 4 members (excludes halogenated alkanes) is 4. The fourth-order valence-electron chi connectivity index (χ4n) is 3.32. The van der Waals surface area contributed by atoms with Gasteiger partial charge in [-0.3, -0.25) is 9.59 Å². The van der Waals surface area contributed by atoms with Crippen LogP contribution < -0.4 is 5.73 Å². The average molecular weight is 345 g/mol. The SMILES string of the molecule is CCCCCCCN1CCCN(C(=O)c2cccc(C(N)=O)c2)CC1. The minimum atomic E-state index is -0.500. The molecule has 0 radical (unpaired) electrons. The molecule has 0 aromatic heterocycles. The number of hydrogen-bond acceptors (Lipinski definition) is 3. The third-order valence-electron chi connectivity index (χ3n) is 4.85. The summed E-state index contributed by atoms with van der Waals surface area (Å²) >= 11 is 0. The minimum absolute atomic E-state index is 0.00658. The molecule has 0 atom stereocenters. The lowest BCUT2D eigenvalue weighted by Gasteiger charge is -2.22. The molecule has 5 heteroatoms. The molecule has 25 heavy (non-hydrogen) atoms. The van der Waals surface area contributed by atoms with Crippen LogP contribution in [0.1, 0.15) is 66.2 Å². The maximum atomic E-state index is 12.7. The molecule has 1 saturated heterocycles. The summed E-state index contributed by atoms with van der Waals surface area (Å²) in [6, 6.07) is 6.71. The van der Waals surface area contributed by atoms with E-state index in [1.807, 2.05) is 4.90 Å². The van der Waals surface area contributed by atoms with Gasteiger partial charge in [0, 0.05) is 30.8 Å². The number of hydrogen-bond donors (Lipinski definition) is 1. The zero-order valence-corrected chi connectivity index (χ0v) is 15.4. The molecule has 0 unspecified atom stereocenters. The summed E-state index contributed by atoms with van der Waals surface area (Å²) in [5.74, 6) is -0.507. The molecule has 2 amide bonds. The number of benzene rings is 1. The summed E-state index contributed by atoms with van der Waals surface area (Å²) in [5, 5.41) is 0. The molecule has 1 aromatic carbocycles. The Kier molecular flexibility index (Phi) is 7.92. The summed E-state index contributed by atoms with van der Waals surface area (Å²) in [7, 11) is 0. The van der Waals surface area contributed by atoms with Crippen molar-refractivity contribution in [3.63, 3.8) is 0 Å². The fraction of sp³-hybridized carbons (Fsp3) is 0.600. The largest absolute Gasteiger partial charge is 0.366 e. The van der Waals surface area contributed by atoms with Gasteiger partial charge in [0.05, 0.1) is 0 Å². The molecule has 1 aromatic rings. The van der Waals surface area contributed by atoms with Gasteiger partial charge in [0.2, 0.25) is 5.91 Å². The number of carbonyl (C=O) groups is 2. The first-order valence-electron chi connectivity index (χ1n) is 9.53. The van der Waals surface area contributed by atoms with Crippen molar-refractivity contribution in [2.45, 2.75) is 45.4 Å². The minimum Gasteiger partial charge on any atom is -0.366 e. The van der Waals surface area contributed by atoms with Crippen molar-refractivity contribution in [3.8, 4) is 0 Å². The smallest absolute Gasteiger partial charge is 0.253 e. The first-order valence-corrected chi connectivity index (χ1v) is 9.53. The number of nitrogens with two attached hydrogens (primary N) is 1. The molecule has 138 valence electrons. The van der Waals surface area contributed by atoms with Crippen molar-refractivity contribution in [3.05, 3.63) is 35.4 Å². The standard InChI is InChI=1S/C20H31N3O2/c1-2-3-4-5-6-11-22-12-8-13-23(15-14-22)20(25)18-10-7-9-17(16-18)19(21)24/h7,9-10,16H,2-6,8,11-15H2,1H3,(H2,21,24). The number of carbonyl (C=O) groups excluding carboxylic acids is 2. The van der Waals surface area contributed by atoms with E-state index >= 15 is 0 Å². The highest BCUT2D eigenvalue weighted by atomic mass is 16.2. The Morgan fingerprint density at radius 2 is 1.76 bits per heavy atom. The van der Waals surface area contributed by atoms with E-state index in [1.165, 1.54) is 32.1 Å². The molecule has 0 bridgehead atoms. The van der Waals surface area contributed by atoms with Gasteiger partial charge < -0.3 is 15.5 Å². The zero-order chi connectivity index (χ0) is 18.1. The molecule has 1 aliphatic heterocycles. The predicted molar refractivity (Wildman–Crippen MR) is 101 cm³/mol. The third-order valence-corrected chi connectivity index (χ3v) is 4.85. The van der Waals surface area contributed by atoms with Gasteiger partial charge in [0.25, 0.3) is 5.91 Å². The van der Waals surface area contributed by atoms with E-state index in [4.69, 9.17) is 5.73 Å². The highest BCUT2D eigenvalue weighted by molar-refractivity contribution is 5.99. The lowest BCUT2D eigenvalue weighted by Crippen LogP contribution is -2.35. The zero-order valence-electron chi connectivity index (χ0n) is 15.4. The fourth-order valence-corrected chi connectivity index (χ4v) is 3.32. The van der Waals surface area contributed by atoms with E-state index < -0.39 is 5.91 Å². The Labute approximate surface area is 151 Å². The van der Waals surface area contributed by atoms with Crippen LogP contribution >= 0.6 is 0 Å². The molecular weight excluding hydrogens is 314 g/mol. The van der Waals surface area contributed by atoms with E-state index in [9.17, 15) is 9.59 Å². The summed E-state index contributed by atoms with van der Waals surface area (Å²) in [6.45, 7) is 6.86. The highest BCUT2D eigenvalue weighted by Gasteiger charge is 2.20. The van der Waals surface area contributed by atoms with Crippen molar-refractivity contribution < 1.29 is 9.59 Å². The number of amides is 2. The van der Waals surface area contributed by atoms with Gasteiger partial charge in [-0.2, -0.15) is 0 Å². The van der Waals surface area contributed by atoms with Crippen LogP contribution in [0.15, 0.2) is 24.3 Å².